The number of benzene rings is 2. The average molecular weight is 539 g/mol. The number of fused-ring (bicyclic) bond motifs is 1. The van der Waals surface area contributed by atoms with Gasteiger partial charge in [-0.25, -0.2) is 0 Å². The van der Waals surface area contributed by atoms with E-state index in [2.05, 4.69) is 115 Å². The zero-order chi connectivity index (χ0) is 29.4. The Kier molecular flexibility index (Phi) is 8.23. The molecule has 0 aromatic heterocycles. The van der Waals surface area contributed by atoms with Gasteiger partial charge in [0, 0.05) is 11.8 Å². The largest absolute Gasteiger partial charge is 0.0955 e. The van der Waals surface area contributed by atoms with Gasteiger partial charge < -0.3 is 0 Å². The van der Waals surface area contributed by atoms with Crippen molar-refractivity contribution in [1.29, 1.82) is 0 Å². The quantitative estimate of drug-likeness (QED) is 0.313. The second-order valence-corrected chi connectivity index (χ2v) is 12.4. The van der Waals surface area contributed by atoms with Crippen LogP contribution in [0.4, 0.5) is 0 Å². The van der Waals surface area contributed by atoms with E-state index in [-0.39, 0.29) is 5.92 Å². The van der Waals surface area contributed by atoms with Gasteiger partial charge in [-0.2, -0.15) is 0 Å². The molecule has 41 heavy (non-hydrogen) atoms. The van der Waals surface area contributed by atoms with Crippen LogP contribution in [0.3, 0.4) is 0 Å². The Labute approximate surface area is 249 Å². The van der Waals surface area contributed by atoms with E-state index in [1.54, 1.807) is 0 Å². The van der Waals surface area contributed by atoms with Crippen LogP contribution >= 0.6 is 0 Å². The van der Waals surface area contributed by atoms with Crippen molar-refractivity contribution in [3.05, 3.63) is 153 Å². The molecule has 0 N–H and O–H groups in total. The number of hydrogen-bond acceptors (Lipinski definition) is 0. The zero-order valence-corrected chi connectivity index (χ0v) is 26.1. The number of rotatable bonds is 8. The molecule has 2 aromatic carbocycles. The lowest BCUT2D eigenvalue weighted by Crippen LogP contribution is -2.21. The number of allylic oxidation sites excluding steroid dienone is 13. The van der Waals surface area contributed by atoms with Crippen molar-refractivity contribution in [3.63, 3.8) is 0 Å². The van der Waals surface area contributed by atoms with Crippen LogP contribution < -0.4 is 0 Å². The van der Waals surface area contributed by atoms with E-state index in [4.69, 9.17) is 6.58 Å². The highest BCUT2D eigenvalue weighted by Gasteiger charge is 2.41. The summed E-state index contributed by atoms with van der Waals surface area (Å²) in [5, 5.41) is 0. The highest BCUT2D eigenvalue weighted by molar-refractivity contribution is 5.78. The molecule has 0 bridgehead atoms. The standard InChI is InChI=1S/C41H46/c1-10-12-26(5)39-28(7)20-37-23-35(30(9)40(37)41(39)33-16-13-31(11-2)14-17-33)22-32-15-18-34(21-32)36-19-27(6)29(8)38(24-36)25(3)4/h13-20,22,24,40-41H,3,5,9-12,21,23H2,1-2,4,6-8H3. The van der Waals surface area contributed by atoms with Crippen LogP contribution in [0.1, 0.15) is 92.7 Å². The van der Waals surface area contributed by atoms with E-state index in [9.17, 15) is 0 Å². The van der Waals surface area contributed by atoms with Gasteiger partial charge in [-0.15, -0.1) is 0 Å². The summed E-state index contributed by atoms with van der Waals surface area (Å²) in [4.78, 5) is 0. The summed E-state index contributed by atoms with van der Waals surface area (Å²) >= 11 is 0. The van der Waals surface area contributed by atoms with Crippen LogP contribution in [0.5, 0.6) is 0 Å². The molecule has 2 aromatic rings. The Bertz CT molecular complexity index is 1590. The maximum Gasteiger partial charge on any atom is 0.0201 e. The molecular weight excluding hydrogens is 492 g/mol. The van der Waals surface area contributed by atoms with Gasteiger partial charge in [0.1, 0.15) is 0 Å². The maximum absolute atomic E-state index is 4.75. The normalized spacial score (nSPS) is 21.2. The summed E-state index contributed by atoms with van der Waals surface area (Å²) in [5.41, 5.74) is 20.1. The molecular formula is C41H46. The molecule has 0 nitrogen and oxygen atoms in total. The molecule has 1 saturated carbocycles. The molecule has 3 aliphatic carbocycles. The van der Waals surface area contributed by atoms with E-state index < -0.39 is 0 Å². The van der Waals surface area contributed by atoms with E-state index in [0.29, 0.717) is 5.92 Å². The van der Waals surface area contributed by atoms with Crippen molar-refractivity contribution >= 4 is 11.1 Å². The van der Waals surface area contributed by atoms with E-state index >= 15 is 0 Å². The fourth-order valence-electron chi connectivity index (χ4n) is 7.14. The third-order valence-corrected chi connectivity index (χ3v) is 9.48. The first-order valence-corrected chi connectivity index (χ1v) is 15.4. The second-order valence-electron chi connectivity index (χ2n) is 12.4. The SMILES string of the molecule is C=C(CCC)C1=C(C)C=C2CC(=CC3=CC=C(c4cc(C)c(C)c(C(=C)C)c4)C3)C(=C)C2C1c1ccc(CC)cc1. The van der Waals surface area contributed by atoms with Crippen molar-refractivity contribution in [2.75, 3.05) is 0 Å². The monoisotopic (exact) mass is 538 g/mol. The van der Waals surface area contributed by atoms with Gasteiger partial charge in [0.2, 0.25) is 0 Å². The summed E-state index contributed by atoms with van der Waals surface area (Å²) in [6.45, 7) is 26.8. The number of aryl methyl sites for hydroxylation is 2. The van der Waals surface area contributed by atoms with Crippen LogP contribution in [-0.2, 0) is 6.42 Å². The summed E-state index contributed by atoms with van der Waals surface area (Å²) in [5.74, 6) is 0.578. The van der Waals surface area contributed by atoms with Crippen molar-refractivity contribution in [2.45, 2.75) is 79.6 Å². The van der Waals surface area contributed by atoms with E-state index in [0.717, 1.165) is 37.7 Å². The van der Waals surface area contributed by atoms with Crippen LogP contribution in [0.15, 0.2) is 119 Å². The Balaban J connectivity index is 1.44. The van der Waals surface area contributed by atoms with Crippen LogP contribution in [0.2, 0.25) is 0 Å². The first-order chi connectivity index (χ1) is 19.6. The van der Waals surface area contributed by atoms with E-state index in [1.807, 2.05) is 0 Å². The fraction of sp³-hybridized carbons (Fsp3) is 0.317. The average Bonchev–Trinajstić information content (AvgIpc) is 3.53. The molecule has 3 aliphatic rings. The Hall–Kier alpha value is -3.64. The summed E-state index contributed by atoms with van der Waals surface area (Å²) in [7, 11) is 0. The summed E-state index contributed by atoms with van der Waals surface area (Å²) < 4.78 is 0. The zero-order valence-electron chi connectivity index (χ0n) is 26.1. The van der Waals surface area contributed by atoms with Crippen molar-refractivity contribution in [1.82, 2.24) is 0 Å². The topological polar surface area (TPSA) is 0 Å². The van der Waals surface area contributed by atoms with Crippen molar-refractivity contribution in [3.8, 4) is 0 Å². The van der Waals surface area contributed by atoms with E-state index in [1.165, 1.54) is 78.0 Å². The van der Waals surface area contributed by atoms with Gasteiger partial charge in [-0.3, -0.25) is 0 Å². The lowest BCUT2D eigenvalue weighted by molar-refractivity contribution is 0.619. The molecule has 0 heterocycles. The Morgan fingerprint density at radius 1 is 0.951 bits per heavy atom. The molecule has 0 amide bonds. The third-order valence-electron chi connectivity index (χ3n) is 9.48. The molecule has 0 aliphatic heterocycles. The third kappa shape index (κ3) is 5.50. The lowest BCUT2D eigenvalue weighted by Gasteiger charge is -2.34. The fourth-order valence-corrected chi connectivity index (χ4v) is 7.14. The predicted molar refractivity (Wildman–Crippen MR) is 180 cm³/mol. The second kappa shape index (κ2) is 11.7. The Morgan fingerprint density at radius 3 is 2.34 bits per heavy atom. The number of hydrogen-bond donors (Lipinski definition) is 0. The van der Waals surface area contributed by atoms with Gasteiger partial charge in [0.15, 0.2) is 0 Å². The van der Waals surface area contributed by atoms with Crippen molar-refractivity contribution in [2.24, 2.45) is 5.92 Å². The summed E-state index contributed by atoms with van der Waals surface area (Å²) in [6, 6.07) is 14.0. The minimum atomic E-state index is 0.278. The predicted octanol–water partition coefficient (Wildman–Crippen LogP) is 11.5. The maximum atomic E-state index is 4.75. The van der Waals surface area contributed by atoms with Crippen LogP contribution in [0.25, 0.3) is 11.1 Å². The Morgan fingerprint density at radius 2 is 1.68 bits per heavy atom. The first-order valence-electron chi connectivity index (χ1n) is 15.4. The molecule has 0 spiro atoms. The smallest absolute Gasteiger partial charge is 0.0201 e. The lowest BCUT2D eigenvalue weighted by atomic mass is 9.69. The molecule has 2 atom stereocenters. The van der Waals surface area contributed by atoms with Gasteiger partial charge in [0.25, 0.3) is 0 Å². The summed E-state index contributed by atoms with van der Waals surface area (Å²) in [6.07, 6.45) is 14.6. The van der Waals surface area contributed by atoms with Gasteiger partial charge in [-0.1, -0.05) is 111 Å². The van der Waals surface area contributed by atoms with Gasteiger partial charge >= 0.3 is 0 Å². The highest BCUT2D eigenvalue weighted by Crippen LogP contribution is 2.55. The molecule has 2 unspecified atom stereocenters. The molecule has 5 rings (SSSR count). The minimum Gasteiger partial charge on any atom is -0.0955 e. The van der Waals surface area contributed by atoms with Gasteiger partial charge in [0.05, 0.1) is 0 Å². The molecule has 1 fully saturated rings. The first kappa shape index (κ1) is 28.9. The molecule has 0 saturated heterocycles. The van der Waals surface area contributed by atoms with Gasteiger partial charge in [-0.05, 0) is 126 Å². The van der Waals surface area contributed by atoms with Crippen LogP contribution in [-0.4, -0.2) is 0 Å². The molecule has 0 radical (unpaired) electrons. The molecule has 210 valence electrons. The minimum absolute atomic E-state index is 0.278. The highest BCUT2D eigenvalue weighted by atomic mass is 14.4. The van der Waals surface area contributed by atoms with Crippen molar-refractivity contribution < 1.29 is 0 Å². The molecule has 0 heteroatoms. The van der Waals surface area contributed by atoms with Crippen LogP contribution in [0, 0.1) is 19.8 Å².